The van der Waals surface area contributed by atoms with Crippen LogP contribution in [0, 0.1) is 5.82 Å². The number of carbonyl (C=O) groups excluding carboxylic acids is 1. The van der Waals surface area contributed by atoms with E-state index in [1.165, 1.54) is 34.8 Å². The highest BCUT2D eigenvalue weighted by Gasteiger charge is 2.35. The van der Waals surface area contributed by atoms with E-state index in [-0.39, 0.29) is 36.1 Å². The van der Waals surface area contributed by atoms with Crippen molar-refractivity contribution in [2.45, 2.75) is 31.7 Å². The molecule has 1 saturated carbocycles. The molecule has 1 heterocycles. The maximum Gasteiger partial charge on any atom is 0.255 e. The standard InChI is InChI=1S/C29H30FN3O5S.ClH/c1-17(16-31)33(39(3,35)36)25-15-26-24(14-23(25)18-4-5-18)27(29(34)32-2)28(38-26)19-6-10-21(11-7-19)37-22-12-8-20(30)9-13-22;/h6-15,17-18H,4-5,16,31H2,1-3H3,(H,32,34);1H. The fraction of sp³-hybridized carbons (Fsp3) is 0.276. The molecular formula is C29H31ClFN3O5S. The molecule has 1 aromatic heterocycles. The summed E-state index contributed by atoms with van der Waals surface area (Å²) in [6.45, 7) is 2.22. The van der Waals surface area contributed by atoms with E-state index in [1.807, 2.05) is 13.0 Å². The molecular weight excluding hydrogens is 557 g/mol. The second kappa shape index (κ2) is 11.5. The minimum atomic E-state index is -3.60. The van der Waals surface area contributed by atoms with Crippen LogP contribution in [-0.4, -0.2) is 40.2 Å². The predicted molar refractivity (Wildman–Crippen MR) is 148 cm³/mol. The maximum absolute atomic E-state index is 13.2. The first-order chi connectivity index (χ1) is 18.6. The summed E-state index contributed by atoms with van der Waals surface area (Å²) in [5, 5.41) is 3.33. The fourth-order valence-electron chi connectivity index (χ4n) is 4.79. The zero-order valence-corrected chi connectivity index (χ0v) is 24.0. The topological polar surface area (TPSA) is 116 Å². The van der Waals surface area contributed by atoms with Crippen molar-refractivity contribution in [1.29, 1.82) is 0 Å². The van der Waals surface area contributed by atoms with Crippen LogP contribution in [0.15, 0.2) is 65.1 Å². The number of nitrogens with one attached hydrogen (secondary N) is 1. The van der Waals surface area contributed by atoms with E-state index in [2.05, 4.69) is 11.1 Å². The predicted octanol–water partition coefficient (Wildman–Crippen LogP) is 1.67. The van der Waals surface area contributed by atoms with Gasteiger partial charge in [0.1, 0.15) is 28.7 Å². The Morgan fingerprint density at radius 2 is 1.73 bits per heavy atom. The van der Waals surface area contributed by atoms with Crippen molar-refractivity contribution >= 4 is 32.6 Å². The van der Waals surface area contributed by atoms with Crippen LogP contribution in [0.25, 0.3) is 22.3 Å². The second-order valence-corrected chi connectivity index (χ2v) is 11.7. The van der Waals surface area contributed by atoms with E-state index >= 15 is 0 Å². The third-order valence-electron chi connectivity index (χ3n) is 6.89. The molecule has 0 aliphatic heterocycles. The summed E-state index contributed by atoms with van der Waals surface area (Å²) < 4.78 is 52.4. The van der Waals surface area contributed by atoms with Gasteiger partial charge in [0.15, 0.2) is 0 Å². The fourth-order valence-corrected chi connectivity index (χ4v) is 6.06. The van der Waals surface area contributed by atoms with Gasteiger partial charge >= 0.3 is 0 Å². The van der Waals surface area contributed by atoms with Crippen molar-refractivity contribution in [1.82, 2.24) is 5.32 Å². The first kappa shape index (κ1) is 29.4. The van der Waals surface area contributed by atoms with Gasteiger partial charge in [-0.1, -0.05) is 0 Å². The zero-order chi connectivity index (χ0) is 27.9. The molecule has 4 aromatic rings. The quantitative estimate of drug-likeness (QED) is 0.309. The molecule has 11 heteroatoms. The number of sulfonamides is 1. The molecule has 0 radical (unpaired) electrons. The number of amides is 1. The van der Waals surface area contributed by atoms with E-state index < -0.39 is 10.0 Å². The van der Waals surface area contributed by atoms with Crippen LogP contribution in [0.1, 0.15) is 41.6 Å². The number of benzene rings is 3. The van der Waals surface area contributed by atoms with Gasteiger partial charge in [0, 0.05) is 24.1 Å². The molecule has 0 saturated heterocycles. The lowest BCUT2D eigenvalue weighted by Gasteiger charge is -2.29. The minimum absolute atomic E-state index is 0. The first-order valence-electron chi connectivity index (χ1n) is 12.8. The number of rotatable bonds is 9. The SMILES string of the molecule is CNC(=O)c1c(-c2ccc(Oc3ccc(F)cc3)cc2)oc2cc(N(C(C)C[NH3+])S(C)(=O)=O)c(C3CC3)cc12.[Cl-]. The van der Waals surface area contributed by atoms with E-state index in [9.17, 15) is 17.6 Å². The summed E-state index contributed by atoms with van der Waals surface area (Å²) in [7, 11) is -2.04. The van der Waals surface area contributed by atoms with Crippen LogP contribution in [0.5, 0.6) is 11.5 Å². The molecule has 1 aliphatic rings. The van der Waals surface area contributed by atoms with Gasteiger partial charge in [-0.2, -0.15) is 0 Å². The highest BCUT2D eigenvalue weighted by atomic mass is 35.5. The molecule has 0 spiro atoms. The molecule has 212 valence electrons. The Kier molecular flexibility index (Phi) is 8.44. The number of hydrogen-bond donors (Lipinski definition) is 2. The Balaban J connectivity index is 0.00000370. The molecule has 8 nitrogen and oxygen atoms in total. The molecule has 1 unspecified atom stereocenters. The molecule has 1 fully saturated rings. The summed E-state index contributed by atoms with van der Waals surface area (Å²) in [6.07, 6.45) is 3.09. The molecule has 3 aromatic carbocycles. The van der Waals surface area contributed by atoms with Gasteiger partial charge in [0.2, 0.25) is 10.0 Å². The summed E-state index contributed by atoms with van der Waals surface area (Å²) in [5.74, 6) is 0.948. The molecule has 4 N–H and O–H groups in total. The van der Waals surface area contributed by atoms with Crippen LogP contribution >= 0.6 is 0 Å². The van der Waals surface area contributed by atoms with E-state index in [0.717, 1.165) is 18.4 Å². The number of carbonyl (C=O) groups is 1. The van der Waals surface area contributed by atoms with Gasteiger partial charge in [-0.25, -0.2) is 12.8 Å². The Labute approximate surface area is 238 Å². The molecule has 1 atom stereocenters. The van der Waals surface area contributed by atoms with Crippen LogP contribution < -0.4 is 32.5 Å². The third-order valence-corrected chi connectivity index (χ3v) is 8.16. The van der Waals surface area contributed by atoms with Gasteiger partial charge in [-0.05, 0) is 85.8 Å². The van der Waals surface area contributed by atoms with Crippen molar-refractivity contribution in [3.8, 4) is 22.8 Å². The molecule has 40 heavy (non-hydrogen) atoms. The van der Waals surface area contributed by atoms with Crippen molar-refractivity contribution in [2.75, 3.05) is 24.2 Å². The highest BCUT2D eigenvalue weighted by molar-refractivity contribution is 7.92. The average molecular weight is 588 g/mol. The lowest BCUT2D eigenvalue weighted by molar-refractivity contribution is -0.370. The Morgan fingerprint density at radius 3 is 2.25 bits per heavy atom. The number of nitrogens with zero attached hydrogens (tertiary/aromatic N) is 1. The van der Waals surface area contributed by atoms with Gasteiger partial charge in [0.25, 0.3) is 5.91 Å². The smallest absolute Gasteiger partial charge is 0.255 e. The number of ether oxygens (including phenoxy) is 1. The van der Waals surface area contributed by atoms with E-state index in [4.69, 9.17) is 9.15 Å². The van der Waals surface area contributed by atoms with Crippen molar-refractivity contribution in [3.05, 3.63) is 77.6 Å². The molecule has 1 aliphatic carbocycles. The summed E-state index contributed by atoms with van der Waals surface area (Å²) in [4.78, 5) is 13.1. The number of halogens is 2. The number of hydrogen-bond acceptors (Lipinski definition) is 5. The summed E-state index contributed by atoms with van der Waals surface area (Å²) in [5.41, 5.74) is 6.81. The highest BCUT2D eigenvalue weighted by Crippen LogP contribution is 2.48. The van der Waals surface area contributed by atoms with Crippen molar-refractivity contribution in [3.63, 3.8) is 0 Å². The zero-order valence-electron chi connectivity index (χ0n) is 22.4. The number of fused-ring (bicyclic) bond motifs is 1. The Morgan fingerprint density at radius 1 is 1.12 bits per heavy atom. The monoisotopic (exact) mass is 587 g/mol. The maximum atomic E-state index is 13.2. The largest absolute Gasteiger partial charge is 1.00 e. The Hall–Kier alpha value is -3.60. The number of quaternary nitrogens is 1. The van der Waals surface area contributed by atoms with Crippen LogP contribution in [0.4, 0.5) is 10.1 Å². The van der Waals surface area contributed by atoms with Crippen LogP contribution in [0.2, 0.25) is 0 Å². The van der Waals surface area contributed by atoms with Gasteiger partial charge in [0.05, 0.1) is 30.1 Å². The third kappa shape index (κ3) is 5.79. The average Bonchev–Trinajstić information content (AvgIpc) is 3.69. The van der Waals surface area contributed by atoms with Crippen molar-refractivity contribution < 1.29 is 44.9 Å². The molecule has 0 bridgehead atoms. The van der Waals surface area contributed by atoms with Gasteiger partial charge in [-0.3, -0.25) is 9.10 Å². The second-order valence-electron chi connectivity index (χ2n) is 9.84. The van der Waals surface area contributed by atoms with Gasteiger partial charge < -0.3 is 32.6 Å². The summed E-state index contributed by atoms with van der Waals surface area (Å²) >= 11 is 0. The van der Waals surface area contributed by atoms with Crippen molar-refractivity contribution in [2.24, 2.45) is 0 Å². The number of furan rings is 1. The van der Waals surface area contributed by atoms with E-state index in [0.29, 0.717) is 51.6 Å². The molecule has 5 rings (SSSR count). The molecule has 1 amide bonds. The van der Waals surface area contributed by atoms with Gasteiger partial charge in [-0.15, -0.1) is 0 Å². The normalized spacial score (nSPS) is 13.9. The lowest BCUT2D eigenvalue weighted by atomic mass is 10.00. The van der Waals surface area contributed by atoms with Crippen LogP contribution in [-0.2, 0) is 10.0 Å². The Bertz CT molecular complexity index is 1640. The lowest BCUT2D eigenvalue weighted by Crippen LogP contribution is -3.00. The minimum Gasteiger partial charge on any atom is -1.00 e. The first-order valence-corrected chi connectivity index (χ1v) is 14.6. The van der Waals surface area contributed by atoms with E-state index in [1.54, 1.807) is 37.4 Å². The number of anilines is 1. The van der Waals surface area contributed by atoms with Crippen LogP contribution in [0.3, 0.4) is 0 Å². The summed E-state index contributed by atoms with van der Waals surface area (Å²) in [6, 6.07) is 16.0.